The van der Waals surface area contributed by atoms with E-state index in [0.717, 1.165) is 19.4 Å². The molecule has 0 atom stereocenters. The topological polar surface area (TPSA) is 12.0 Å². The van der Waals surface area contributed by atoms with Crippen LogP contribution in [-0.4, -0.2) is 12.6 Å². The predicted octanol–water partition coefficient (Wildman–Crippen LogP) is 4.24. The van der Waals surface area contributed by atoms with Crippen molar-refractivity contribution in [2.24, 2.45) is 0 Å². The molecule has 0 bridgehead atoms. The van der Waals surface area contributed by atoms with Gasteiger partial charge in [0.15, 0.2) is 0 Å². The smallest absolute Gasteiger partial charge is 0.0173 e. The quantitative estimate of drug-likeness (QED) is 0.790. The summed E-state index contributed by atoms with van der Waals surface area (Å²) in [5, 5.41) is 3.48. The Morgan fingerprint density at radius 3 is 2.74 bits per heavy atom. The standard InChI is InChI=1S/C18H23N/c1-15(2)19-14-16-8-7-11-18(13-12-16)17-9-5-3-4-6-10-17/h3-7,9,11-13,15,19H,8,10,14H2,1-2H3. The first-order chi connectivity index (χ1) is 9.25. The Labute approximate surface area is 116 Å². The summed E-state index contributed by atoms with van der Waals surface area (Å²) in [6.45, 7) is 5.34. The van der Waals surface area contributed by atoms with Crippen LogP contribution < -0.4 is 5.32 Å². The minimum Gasteiger partial charge on any atom is -0.311 e. The van der Waals surface area contributed by atoms with Crippen LogP contribution in [0.4, 0.5) is 0 Å². The molecule has 0 amide bonds. The first kappa shape index (κ1) is 13.8. The molecule has 0 saturated carbocycles. The van der Waals surface area contributed by atoms with E-state index in [-0.39, 0.29) is 0 Å². The number of allylic oxidation sites excluding steroid dienone is 11. The SMILES string of the molecule is CC(C)NCC1=CC=C(C2=CC=CC=CC2)C=CC1. The molecule has 1 nitrogen and oxygen atoms in total. The first-order valence-corrected chi connectivity index (χ1v) is 7.08. The van der Waals surface area contributed by atoms with E-state index in [1.165, 1.54) is 16.7 Å². The Morgan fingerprint density at radius 2 is 1.89 bits per heavy atom. The van der Waals surface area contributed by atoms with Crippen molar-refractivity contribution in [1.82, 2.24) is 5.32 Å². The van der Waals surface area contributed by atoms with E-state index in [4.69, 9.17) is 0 Å². The Kier molecular flexibility index (Phi) is 5.17. The fraction of sp³-hybridized carbons (Fsp3) is 0.333. The molecule has 19 heavy (non-hydrogen) atoms. The number of rotatable bonds is 4. The van der Waals surface area contributed by atoms with Crippen LogP contribution in [0.3, 0.4) is 0 Å². The predicted molar refractivity (Wildman–Crippen MR) is 84.0 cm³/mol. The zero-order valence-electron chi connectivity index (χ0n) is 11.9. The van der Waals surface area contributed by atoms with Gasteiger partial charge in [-0.05, 0) is 24.0 Å². The summed E-state index contributed by atoms with van der Waals surface area (Å²) in [6, 6.07) is 0.538. The van der Waals surface area contributed by atoms with Crippen LogP contribution in [-0.2, 0) is 0 Å². The third-order valence-corrected chi connectivity index (χ3v) is 3.28. The molecule has 0 fully saturated rings. The Balaban J connectivity index is 2.08. The first-order valence-electron chi connectivity index (χ1n) is 7.08. The molecule has 0 aliphatic heterocycles. The Bertz CT molecular complexity index is 482. The monoisotopic (exact) mass is 253 g/mol. The largest absolute Gasteiger partial charge is 0.311 e. The molecule has 1 heteroatoms. The van der Waals surface area contributed by atoms with Crippen molar-refractivity contribution in [1.29, 1.82) is 0 Å². The molecule has 100 valence electrons. The number of nitrogens with one attached hydrogen (secondary N) is 1. The lowest BCUT2D eigenvalue weighted by Crippen LogP contribution is -2.24. The fourth-order valence-electron chi connectivity index (χ4n) is 2.14. The Morgan fingerprint density at radius 1 is 1.00 bits per heavy atom. The molecule has 0 aromatic rings. The maximum atomic E-state index is 3.48. The minimum atomic E-state index is 0.538. The average Bonchev–Trinajstić information content (AvgIpc) is 2.78. The summed E-state index contributed by atoms with van der Waals surface area (Å²) >= 11 is 0. The summed E-state index contributed by atoms with van der Waals surface area (Å²) in [4.78, 5) is 0. The van der Waals surface area contributed by atoms with Gasteiger partial charge in [-0.2, -0.15) is 0 Å². The van der Waals surface area contributed by atoms with Crippen molar-refractivity contribution in [3.8, 4) is 0 Å². The molecule has 0 saturated heterocycles. The van der Waals surface area contributed by atoms with E-state index in [1.807, 2.05) is 0 Å². The summed E-state index contributed by atoms with van der Waals surface area (Å²) in [5.41, 5.74) is 4.16. The van der Waals surface area contributed by atoms with E-state index in [2.05, 4.69) is 73.8 Å². The molecule has 0 aromatic carbocycles. The van der Waals surface area contributed by atoms with Crippen LogP contribution in [0.15, 0.2) is 71.4 Å². The van der Waals surface area contributed by atoms with Gasteiger partial charge in [0.2, 0.25) is 0 Å². The fourth-order valence-corrected chi connectivity index (χ4v) is 2.14. The van der Waals surface area contributed by atoms with Crippen molar-refractivity contribution in [2.75, 3.05) is 6.54 Å². The van der Waals surface area contributed by atoms with Crippen LogP contribution in [0, 0.1) is 0 Å². The van der Waals surface area contributed by atoms with Crippen molar-refractivity contribution in [3.63, 3.8) is 0 Å². The van der Waals surface area contributed by atoms with Crippen molar-refractivity contribution in [3.05, 3.63) is 71.4 Å². The van der Waals surface area contributed by atoms with Gasteiger partial charge in [0.1, 0.15) is 0 Å². The van der Waals surface area contributed by atoms with Crippen molar-refractivity contribution in [2.45, 2.75) is 32.7 Å². The van der Waals surface area contributed by atoms with Crippen LogP contribution in [0.2, 0.25) is 0 Å². The second kappa shape index (κ2) is 7.10. The van der Waals surface area contributed by atoms with E-state index < -0.39 is 0 Å². The van der Waals surface area contributed by atoms with Gasteiger partial charge in [-0.15, -0.1) is 0 Å². The normalized spacial score (nSPS) is 18.8. The lowest BCUT2D eigenvalue weighted by molar-refractivity contribution is 0.618. The lowest BCUT2D eigenvalue weighted by Gasteiger charge is -2.09. The molecule has 0 unspecified atom stereocenters. The number of hydrogen-bond acceptors (Lipinski definition) is 1. The summed E-state index contributed by atoms with van der Waals surface area (Å²) in [5.74, 6) is 0. The van der Waals surface area contributed by atoms with Crippen LogP contribution in [0.25, 0.3) is 0 Å². The molecule has 0 spiro atoms. The highest BCUT2D eigenvalue weighted by atomic mass is 14.9. The molecule has 0 heterocycles. The molecular formula is C18H23N. The van der Waals surface area contributed by atoms with E-state index in [1.54, 1.807) is 0 Å². The maximum absolute atomic E-state index is 3.48. The summed E-state index contributed by atoms with van der Waals surface area (Å²) in [6.07, 6.45) is 21.8. The highest BCUT2D eigenvalue weighted by Gasteiger charge is 2.04. The Hall–Kier alpha value is -1.60. The molecule has 2 aliphatic carbocycles. The molecule has 0 aromatic heterocycles. The highest BCUT2D eigenvalue weighted by Crippen LogP contribution is 2.21. The van der Waals surface area contributed by atoms with Gasteiger partial charge in [-0.3, -0.25) is 0 Å². The van der Waals surface area contributed by atoms with Gasteiger partial charge in [-0.25, -0.2) is 0 Å². The zero-order valence-corrected chi connectivity index (χ0v) is 11.9. The van der Waals surface area contributed by atoms with Gasteiger partial charge in [0, 0.05) is 12.6 Å². The van der Waals surface area contributed by atoms with Gasteiger partial charge < -0.3 is 5.32 Å². The second-order valence-electron chi connectivity index (χ2n) is 5.30. The molecule has 1 N–H and O–H groups in total. The molecular weight excluding hydrogens is 230 g/mol. The summed E-state index contributed by atoms with van der Waals surface area (Å²) < 4.78 is 0. The number of hydrogen-bond donors (Lipinski definition) is 1. The van der Waals surface area contributed by atoms with Gasteiger partial charge in [0.25, 0.3) is 0 Å². The molecule has 0 radical (unpaired) electrons. The van der Waals surface area contributed by atoms with E-state index in [9.17, 15) is 0 Å². The van der Waals surface area contributed by atoms with Gasteiger partial charge in [0.05, 0.1) is 0 Å². The van der Waals surface area contributed by atoms with E-state index in [0.29, 0.717) is 6.04 Å². The molecule has 2 aliphatic rings. The molecule has 2 rings (SSSR count). The van der Waals surface area contributed by atoms with E-state index >= 15 is 0 Å². The van der Waals surface area contributed by atoms with Gasteiger partial charge >= 0.3 is 0 Å². The third-order valence-electron chi connectivity index (χ3n) is 3.28. The zero-order chi connectivity index (χ0) is 13.5. The maximum Gasteiger partial charge on any atom is 0.0173 e. The van der Waals surface area contributed by atoms with Crippen molar-refractivity contribution >= 4 is 0 Å². The minimum absolute atomic E-state index is 0.538. The van der Waals surface area contributed by atoms with Crippen LogP contribution in [0.5, 0.6) is 0 Å². The van der Waals surface area contributed by atoms with Crippen LogP contribution >= 0.6 is 0 Å². The lowest BCUT2D eigenvalue weighted by atomic mass is 10.0. The van der Waals surface area contributed by atoms with Crippen molar-refractivity contribution < 1.29 is 0 Å². The third kappa shape index (κ3) is 4.53. The van der Waals surface area contributed by atoms with Crippen LogP contribution in [0.1, 0.15) is 26.7 Å². The summed E-state index contributed by atoms with van der Waals surface area (Å²) in [7, 11) is 0. The average molecular weight is 253 g/mol. The second-order valence-corrected chi connectivity index (χ2v) is 5.30. The van der Waals surface area contributed by atoms with Gasteiger partial charge in [-0.1, -0.05) is 74.1 Å². The highest BCUT2D eigenvalue weighted by molar-refractivity contribution is 5.47.